The topological polar surface area (TPSA) is 48.7 Å². The van der Waals surface area contributed by atoms with Crippen LogP contribution in [0, 0.1) is 17.1 Å². The van der Waals surface area contributed by atoms with Gasteiger partial charge in [0, 0.05) is 6.20 Å². The van der Waals surface area contributed by atoms with Crippen LogP contribution in [0.2, 0.25) is 0 Å². The van der Waals surface area contributed by atoms with Crippen LogP contribution in [0.15, 0.2) is 42.6 Å². The Hall–Kier alpha value is -2.41. The molecule has 1 N–H and O–H groups in total. The molecule has 0 aliphatic heterocycles. The molecule has 3 nitrogen and oxygen atoms in total. The zero-order chi connectivity index (χ0) is 13.0. The number of nitriles is 1. The van der Waals surface area contributed by atoms with Crippen LogP contribution >= 0.6 is 0 Å². The van der Waals surface area contributed by atoms with Crippen molar-refractivity contribution in [1.82, 2.24) is 4.98 Å². The third-order valence-electron chi connectivity index (χ3n) is 2.61. The van der Waals surface area contributed by atoms with Crippen molar-refractivity contribution < 1.29 is 4.39 Å². The summed E-state index contributed by atoms with van der Waals surface area (Å²) in [5, 5.41) is 12.1. The van der Waals surface area contributed by atoms with E-state index >= 15 is 0 Å². The summed E-state index contributed by atoms with van der Waals surface area (Å²) in [4.78, 5) is 4.23. The van der Waals surface area contributed by atoms with Crippen LogP contribution in [0.5, 0.6) is 0 Å². The predicted molar refractivity (Wildman–Crippen MR) is 67.4 cm³/mol. The first-order chi connectivity index (χ1) is 8.70. The molecule has 18 heavy (non-hydrogen) atoms. The maximum Gasteiger partial charge on any atom is 0.124 e. The molecule has 2 aromatic rings. The lowest BCUT2D eigenvalue weighted by molar-refractivity contribution is 0.627. The molecule has 1 atom stereocenters. The molecule has 1 aromatic heterocycles. The molecule has 0 saturated heterocycles. The average Bonchev–Trinajstić information content (AvgIpc) is 2.41. The highest BCUT2D eigenvalue weighted by Crippen LogP contribution is 2.21. The number of nitrogens with zero attached hydrogens (tertiary/aromatic N) is 2. The highest BCUT2D eigenvalue weighted by atomic mass is 19.1. The molecule has 1 heterocycles. The monoisotopic (exact) mass is 241 g/mol. The molecule has 90 valence electrons. The van der Waals surface area contributed by atoms with Crippen molar-refractivity contribution >= 4 is 5.69 Å². The maximum atomic E-state index is 13.0. The van der Waals surface area contributed by atoms with E-state index in [0.29, 0.717) is 5.69 Å². The number of anilines is 1. The van der Waals surface area contributed by atoms with E-state index in [9.17, 15) is 4.39 Å². The van der Waals surface area contributed by atoms with Crippen molar-refractivity contribution in [3.63, 3.8) is 0 Å². The molecule has 2 rings (SSSR count). The Kier molecular flexibility index (Phi) is 3.54. The summed E-state index contributed by atoms with van der Waals surface area (Å²) < 4.78 is 13.0. The fourth-order valence-corrected chi connectivity index (χ4v) is 1.67. The Bertz CT molecular complexity index is 575. The number of halogens is 1. The number of pyridine rings is 1. The van der Waals surface area contributed by atoms with Gasteiger partial charge in [0.2, 0.25) is 0 Å². The second-order valence-electron chi connectivity index (χ2n) is 3.92. The number of rotatable bonds is 3. The van der Waals surface area contributed by atoms with Gasteiger partial charge in [-0.1, -0.05) is 6.07 Å². The lowest BCUT2D eigenvalue weighted by Gasteiger charge is -2.15. The maximum absolute atomic E-state index is 13.0. The molecule has 0 fully saturated rings. The molecule has 0 bridgehead atoms. The summed E-state index contributed by atoms with van der Waals surface area (Å²) in [5.41, 5.74) is 1.76. The molecule has 0 radical (unpaired) electrons. The third-order valence-corrected chi connectivity index (χ3v) is 2.61. The van der Waals surface area contributed by atoms with Gasteiger partial charge in [0.05, 0.1) is 23.0 Å². The van der Waals surface area contributed by atoms with Gasteiger partial charge in [-0.15, -0.1) is 0 Å². The van der Waals surface area contributed by atoms with Gasteiger partial charge in [0.15, 0.2) is 0 Å². The zero-order valence-corrected chi connectivity index (χ0v) is 9.89. The Morgan fingerprint density at radius 1 is 1.33 bits per heavy atom. The second kappa shape index (κ2) is 5.28. The number of benzene rings is 1. The van der Waals surface area contributed by atoms with E-state index in [-0.39, 0.29) is 11.6 Å². The van der Waals surface area contributed by atoms with Gasteiger partial charge in [-0.25, -0.2) is 4.39 Å². The van der Waals surface area contributed by atoms with Crippen LogP contribution in [0.4, 0.5) is 10.1 Å². The third kappa shape index (κ3) is 2.64. The highest BCUT2D eigenvalue weighted by molar-refractivity contribution is 5.58. The lowest BCUT2D eigenvalue weighted by atomic mass is 10.1. The minimum Gasteiger partial charge on any atom is -0.376 e. The van der Waals surface area contributed by atoms with Crippen LogP contribution in [0.1, 0.15) is 24.2 Å². The van der Waals surface area contributed by atoms with Gasteiger partial charge in [-0.2, -0.15) is 5.26 Å². The van der Waals surface area contributed by atoms with Crippen LogP contribution in [0.3, 0.4) is 0 Å². The minimum absolute atomic E-state index is 0.0521. The van der Waals surface area contributed by atoms with Crippen molar-refractivity contribution in [2.75, 3.05) is 5.32 Å². The molecular formula is C14H12FN3. The van der Waals surface area contributed by atoms with E-state index in [1.54, 1.807) is 12.3 Å². The molecule has 0 spiro atoms. The number of hydrogen-bond acceptors (Lipinski definition) is 3. The second-order valence-corrected chi connectivity index (χ2v) is 3.92. The van der Waals surface area contributed by atoms with Gasteiger partial charge in [0.1, 0.15) is 11.9 Å². The average molecular weight is 241 g/mol. The number of aromatic nitrogens is 1. The van der Waals surface area contributed by atoms with Crippen LogP contribution in [-0.2, 0) is 0 Å². The summed E-state index contributed by atoms with van der Waals surface area (Å²) in [6, 6.07) is 11.7. The number of nitrogens with one attached hydrogen (secondary N) is 1. The Balaban J connectivity index is 2.22. The van der Waals surface area contributed by atoms with E-state index < -0.39 is 5.82 Å². The first-order valence-corrected chi connectivity index (χ1v) is 5.58. The first kappa shape index (κ1) is 12.1. The summed E-state index contributed by atoms with van der Waals surface area (Å²) >= 11 is 0. The molecule has 0 amide bonds. The van der Waals surface area contributed by atoms with Crippen molar-refractivity contribution in [1.29, 1.82) is 5.26 Å². The lowest BCUT2D eigenvalue weighted by Crippen LogP contribution is -2.09. The van der Waals surface area contributed by atoms with E-state index in [4.69, 9.17) is 5.26 Å². The predicted octanol–water partition coefficient (Wildman–Crippen LogP) is 3.27. The van der Waals surface area contributed by atoms with Crippen molar-refractivity contribution in [2.24, 2.45) is 0 Å². The molecule has 4 heteroatoms. The Labute approximate surface area is 105 Å². The van der Waals surface area contributed by atoms with E-state index in [1.165, 1.54) is 12.1 Å². The quantitative estimate of drug-likeness (QED) is 0.897. The smallest absolute Gasteiger partial charge is 0.124 e. The fourth-order valence-electron chi connectivity index (χ4n) is 1.67. The minimum atomic E-state index is -0.414. The van der Waals surface area contributed by atoms with Crippen molar-refractivity contribution in [2.45, 2.75) is 13.0 Å². The van der Waals surface area contributed by atoms with Gasteiger partial charge < -0.3 is 5.32 Å². The van der Waals surface area contributed by atoms with Crippen LogP contribution < -0.4 is 5.32 Å². The molecule has 1 unspecified atom stereocenters. The SMILES string of the molecule is CC(Nc1ccc(F)cc1C#N)c1ccccn1. The van der Waals surface area contributed by atoms with Gasteiger partial charge in [-0.3, -0.25) is 4.98 Å². The van der Waals surface area contributed by atoms with Crippen LogP contribution in [0.25, 0.3) is 0 Å². The summed E-state index contributed by atoms with van der Waals surface area (Å²) in [7, 11) is 0. The normalized spacial score (nSPS) is 11.6. The van der Waals surface area contributed by atoms with Gasteiger partial charge >= 0.3 is 0 Å². The first-order valence-electron chi connectivity index (χ1n) is 5.58. The standard InChI is InChI=1S/C14H12FN3/c1-10(13-4-2-3-7-17-13)18-14-6-5-12(15)8-11(14)9-16/h2-8,10,18H,1H3. The molecule has 0 aliphatic rings. The summed E-state index contributed by atoms with van der Waals surface area (Å²) in [6.45, 7) is 1.94. The zero-order valence-electron chi connectivity index (χ0n) is 9.89. The Morgan fingerprint density at radius 3 is 2.83 bits per heavy atom. The van der Waals surface area contributed by atoms with Crippen molar-refractivity contribution in [3.8, 4) is 6.07 Å². The largest absolute Gasteiger partial charge is 0.376 e. The van der Waals surface area contributed by atoms with Crippen molar-refractivity contribution in [3.05, 3.63) is 59.7 Å². The van der Waals surface area contributed by atoms with Crippen LogP contribution in [-0.4, -0.2) is 4.98 Å². The molecule has 1 aromatic carbocycles. The molecular weight excluding hydrogens is 229 g/mol. The van der Waals surface area contributed by atoms with E-state index in [0.717, 1.165) is 5.69 Å². The molecule has 0 aliphatic carbocycles. The summed E-state index contributed by atoms with van der Waals surface area (Å²) in [5.74, 6) is -0.414. The highest BCUT2D eigenvalue weighted by Gasteiger charge is 2.09. The van der Waals surface area contributed by atoms with E-state index in [1.807, 2.05) is 31.2 Å². The van der Waals surface area contributed by atoms with Gasteiger partial charge in [-0.05, 0) is 37.3 Å². The van der Waals surface area contributed by atoms with Gasteiger partial charge in [0.25, 0.3) is 0 Å². The van der Waals surface area contributed by atoms with E-state index in [2.05, 4.69) is 10.3 Å². The summed E-state index contributed by atoms with van der Waals surface area (Å²) in [6.07, 6.45) is 1.71. The fraction of sp³-hybridized carbons (Fsp3) is 0.143. The number of hydrogen-bond donors (Lipinski definition) is 1. The molecule has 0 saturated carbocycles. The Morgan fingerprint density at radius 2 is 2.17 bits per heavy atom.